The van der Waals surface area contributed by atoms with Gasteiger partial charge in [-0.05, 0) is 61.6 Å². The van der Waals surface area contributed by atoms with Crippen LogP contribution in [0.3, 0.4) is 0 Å². The molecule has 2 amide bonds. The van der Waals surface area contributed by atoms with Crippen LogP contribution in [0.5, 0.6) is 5.75 Å². The van der Waals surface area contributed by atoms with E-state index in [1.165, 1.54) is 4.90 Å². The van der Waals surface area contributed by atoms with Crippen LogP contribution >= 0.6 is 0 Å². The van der Waals surface area contributed by atoms with Crippen LogP contribution in [0, 0.1) is 23.7 Å². The SMILES string of the molecule is CCOC(=O)c1ccc(COc2ccc(N3C(=O)C4C5C=CC(C5)C4C3=O)cc2)o1. The standard InChI is InChI=1S/C23H21NO6/c1-2-28-23(27)18-10-9-17(30-18)12-29-16-7-5-15(6-8-16)24-21(25)19-13-3-4-14(11-13)20(19)22(24)26/h3-10,13-14,19-20H,2,11-12H2,1H3. The molecule has 1 saturated heterocycles. The number of nitrogens with zero attached hydrogens (tertiary/aromatic N) is 1. The minimum absolute atomic E-state index is 0.0994. The second kappa shape index (κ2) is 7.16. The third-order valence-electron chi connectivity index (χ3n) is 6.08. The first-order valence-electron chi connectivity index (χ1n) is 10.1. The number of allylic oxidation sites excluding steroid dienone is 2. The summed E-state index contributed by atoms with van der Waals surface area (Å²) in [6, 6.07) is 10.1. The highest BCUT2D eigenvalue weighted by molar-refractivity contribution is 6.22. The number of fused-ring (bicyclic) bond motifs is 5. The van der Waals surface area contributed by atoms with Gasteiger partial charge in [0.25, 0.3) is 0 Å². The molecule has 7 heteroatoms. The van der Waals surface area contributed by atoms with Gasteiger partial charge in [-0.1, -0.05) is 12.2 Å². The van der Waals surface area contributed by atoms with Gasteiger partial charge in [0.05, 0.1) is 24.1 Å². The molecule has 30 heavy (non-hydrogen) atoms. The summed E-state index contributed by atoms with van der Waals surface area (Å²) < 4.78 is 16.0. The Bertz CT molecular complexity index is 1010. The molecule has 2 heterocycles. The predicted octanol–water partition coefficient (Wildman–Crippen LogP) is 3.35. The number of ether oxygens (including phenoxy) is 2. The first-order valence-corrected chi connectivity index (χ1v) is 10.1. The molecule has 0 spiro atoms. The summed E-state index contributed by atoms with van der Waals surface area (Å²) in [7, 11) is 0. The van der Waals surface area contributed by atoms with Crippen molar-refractivity contribution in [3.05, 3.63) is 60.1 Å². The van der Waals surface area contributed by atoms with Gasteiger partial charge in [0, 0.05) is 0 Å². The highest BCUT2D eigenvalue weighted by Gasteiger charge is 2.59. The van der Waals surface area contributed by atoms with E-state index >= 15 is 0 Å². The average Bonchev–Trinajstić information content (AvgIpc) is 3.52. The largest absolute Gasteiger partial charge is 0.486 e. The molecule has 4 atom stereocenters. The lowest BCUT2D eigenvalue weighted by Gasteiger charge is -2.17. The number of carbonyl (C=O) groups is 3. The molecule has 7 nitrogen and oxygen atoms in total. The smallest absolute Gasteiger partial charge is 0.374 e. The number of furan rings is 1. The summed E-state index contributed by atoms with van der Waals surface area (Å²) in [6.07, 6.45) is 5.08. The van der Waals surface area contributed by atoms with Gasteiger partial charge < -0.3 is 13.9 Å². The number of imide groups is 1. The molecule has 1 saturated carbocycles. The van der Waals surface area contributed by atoms with E-state index in [1.54, 1.807) is 43.3 Å². The number of carbonyl (C=O) groups excluding carboxylic acids is 3. The van der Waals surface area contributed by atoms with Crippen molar-refractivity contribution in [2.75, 3.05) is 11.5 Å². The average molecular weight is 407 g/mol. The van der Waals surface area contributed by atoms with Gasteiger partial charge in [-0.2, -0.15) is 0 Å². The van der Waals surface area contributed by atoms with E-state index in [9.17, 15) is 14.4 Å². The van der Waals surface area contributed by atoms with Crippen LogP contribution in [0.15, 0.2) is 53.0 Å². The van der Waals surface area contributed by atoms with Crippen molar-refractivity contribution >= 4 is 23.5 Å². The molecule has 1 aliphatic heterocycles. The summed E-state index contributed by atoms with van der Waals surface area (Å²) >= 11 is 0. The van der Waals surface area contributed by atoms with Gasteiger partial charge >= 0.3 is 5.97 Å². The molecule has 2 aliphatic carbocycles. The molecule has 154 valence electrons. The zero-order chi connectivity index (χ0) is 20.8. The Kier molecular flexibility index (Phi) is 4.46. The molecular weight excluding hydrogens is 386 g/mol. The predicted molar refractivity (Wildman–Crippen MR) is 106 cm³/mol. The van der Waals surface area contributed by atoms with Crippen LogP contribution in [-0.2, 0) is 20.9 Å². The molecule has 2 aromatic rings. The molecule has 3 aliphatic rings. The molecule has 0 radical (unpaired) electrons. The lowest BCUT2D eigenvalue weighted by Crippen LogP contribution is -2.32. The Labute approximate surface area is 173 Å². The Balaban J connectivity index is 1.24. The van der Waals surface area contributed by atoms with Crippen molar-refractivity contribution in [1.29, 1.82) is 0 Å². The maximum absolute atomic E-state index is 12.9. The first-order chi connectivity index (χ1) is 14.6. The topological polar surface area (TPSA) is 86.0 Å². The van der Waals surface area contributed by atoms with Crippen LogP contribution in [-0.4, -0.2) is 24.4 Å². The molecule has 5 rings (SSSR count). The van der Waals surface area contributed by atoms with E-state index in [0.717, 1.165) is 6.42 Å². The molecule has 0 N–H and O–H groups in total. The Hall–Kier alpha value is -3.35. The number of benzene rings is 1. The lowest BCUT2D eigenvalue weighted by atomic mass is 9.85. The van der Waals surface area contributed by atoms with Gasteiger partial charge in [-0.3, -0.25) is 14.5 Å². The Morgan fingerprint density at radius 1 is 1.03 bits per heavy atom. The molecule has 2 bridgehead atoms. The van der Waals surface area contributed by atoms with Crippen LogP contribution in [0.4, 0.5) is 5.69 Å². The monoisotopic (exact) mass is 407 g/mol. The van der Waals surface area contributed by atoms with Crippen molar-refractivity contribution in [1.82, 2.24) is 0 Å². The lowest BCUT2D eigenvalue weighted by molar-refractivity contribution is -0.123. The van der Waals surface area contributed by atoms with Crippen molar-refractivity contribution in [2.24, 2.45) is 23.7 Å². The van der Waals surface area contributed by atoms with E-state index in [4.69, 9.17) is 13.9 Å². The zero-order valence-electron chi connectivity index (χ0n) is 16.4. The van der Waals surface area contributed by atoms with Gasteiger partial charge in [0.2, 0.25) is 17.6 Å². The Morgan fingerprint density at radius 3 is 2.33 bits per heavy atom. The number of esters is 1. The molecule has 1 aromatic carbocycles. The maximum Gasteiger partial charge on any atom is 0.374 e. The van der Waals surface area contributed by atoms with Crippen LogP contribution in [0.25, 0.3) is 0 Å². The number of hydrogen-bond donors (Lipinski definition) is 0. The van der Waals surface area contributed by atoms with Gasteiger partial charge in [0.15, 0.2) is 0 Å². The summed E-state index contributed by atoms with van der Waals surface area (Å²) in [5.74, 6) is 0.430. The highest BCUT2D eigenvalue weighted by Crippen LogP contribution is 2.53. The quantitative estimate of drug-likeness (QED) is 0.415. The van der Waals surface area contributed by atoms with E-state index < -0.39 is 5.97 Å². The molecular formula is C23H21NO6. The maximum atomic E-state index is 12.9. The summed E-state index contributed by atoms with van der Waals surface area (Å²) in [4.78, 5) is 38.7. The van der Waals surface area contributed by atoms with Gasteiger partial charge in [-0.15, -0.1) is 0 Å². The van der Waals surface area contributed by atoms with Crippen LogP contribution < -0.4 is 9.64 Å². The van der Waals surface area contributed by atoms with Gasteiger partial charge in [0.1, 0.15) is 18.1 Å². The number of hydrogen-bond acceptors (Lipinski definition) is 6. The molecule has 2 fully saturated rings. The fourth-order valence-corrected chi connectivity index (χ4v) is 4.77. The number of anilines is 1. The highest BCUT2D eigenvalue weighted by atomic mass is 16.5. The second-order valence-electron chi connectivity index (χ2n) is 7.78. The van der Waals surface area contributed by atoms with Crippen molar-refractivity contribution in [3.8, 4) is 5.75 Å². The molecule has 4 unspecified atom stereocenters. The number of rotatable bonds is 6. The van der Waals surface area contributed by atoms with E-state index in [1.807, 2.05) is 0 Å². The second-order valence-corrected chi connectivity index (χ2v) is 7.78. The normalized spacial score (nSPS) is 26.4. The third-order valence-corrected chi connectivity index (χ3v) is 6.08. The fraction of sp³-hybridized carbons (Fsp3) is 0.348. The van der Waals surface area contributed by atoms with Crippen molar-refractivity contribution in [2.45, 2.75) is 20.0 Å². The molecule has 1 aromatic heterocycles. The van der Waals surface area contributed by atoms with E-state index in [-0.39, 0.29) is 54.5 Å². The number of amides is 2. The minimum Gasteiger partial charge on any atom is -0.486 e. The van der Waals surface area contributed by atoms with E-state index in [0.29, 0.717) is 17.2 Å². The summed E-state index contributed by atoms with van der Waals surface area (Å²) in [5.41, 5.74) is 0.564. The minimum atomic E-state index is -0.513. The van der Waals surface area contributed by atoms with Gasteiger partial charge in [-0.25, -0.2) is 4.79 Å². The van der Waals surface area contributed by atoms with Crippen molar-refractivity contribution in [3.63, 3.8) is 0 Å². The first kappa shape index (κ1) is 18.7. The Morgan fingerprint density at radius 2 is 1.70 bits per heavy atom. The van der Waals surface area contributed by atoms with Crippen molar-refractivity contribution < 1.29 is 28.3 Å². The third kappa shape index (κ3) is 2.93. The van der Waals surface area contributed by atoms with Crippen LogP contribution in [0.1, 0.15) is 29.7 Å². The van der Waals surface area contributed by atoms with Crippen LogP contribution in [0.2, 0.25) is 0 Å². The van der Waals surface area contributed by atoms with E-state index in [2.05, 4.69) is 12.2 Å². The summed E-state index contributed by atoms with van der Waals surface area (Å²) in [5, 5.41) is 0. The summed E-state index contributed by atoms with van der Waals surface area (Å²) in [6.45, 7) is 2.14. The fourth-order valence-electron chi connectivity index (χ4n) is 4.77. The zero-order valence-corrected chi connectivity index (χ0v) is 16.4.